The fraction of sp³-hybridized carbons (Fsp3) is 0.0476. The summed E-state index contributed by atoms with van der Waals surface area (Å²) in [5.74, 6) is 1.25. The van der Waals surface area contributed by atoms with Crippen molar-refractivity contribution in [3.63, 3.8) is 0 Å². The lowest BCUT2D eigenvalue weighted by Gasteiger charge is -2.20. The van der Waals surface area contributed by atoms with Gasteiger partial charge in [0, 0.05) is 11.5 Å². The van der Waals surface area contributed by atoms with Crippen LogP contribution >= 0.6 is 0 Å². The second-order valence-corrected chi connectivity index (χ2v) is 11.5. The first-order valence-electron chi connectivity index (χ1n) is 15.0. The Balaban J connectivity index is 1.33. The van der Waals surface area contributed by atoms with Crippen molar-refractivity contribution in [3.8, 4) is 39.1 Å². The molecular weight excluding hydrogens is 520 g/mol. The molecule has 0 aromatic heterocycles. The van der Waals surface area contributed by atoms with Crippen LogP contribution in [0.3, 0.4) is 0 Å². The smallest absolute Gasteiger partial charge is 0.128 e. The van der Waals surface area contributed by atoms with Gasteiger partial charge >= 0.3 is 0 Å². The van der Waals surface area contributed by atoms with Crippen LogP contribution in [0.25, 0.3) is 65.7 Å². The Bertz CT molecular complexity index is 2210. The zero-order chi connectivity index (χ0) is 28.3. The lowest BCUT2D eigenvalue weighted by Crippen LogP contribution is -2.15. The molecule has 0 amide bonds. The van der Waals surface area contributed by atoms with E-state index in [0.717, 1.165) is 5.75 Å². The van der Waals surface area contributed by atoms with E-state index in [1.165, 1.54) is 71.3 Å². The zero-order valence-corrected chi connectivity index (χ0v) is 23.6. The Labute approximate surface area is 251 Å². The maximum Gasteiger partial charge on any atom is 0.128 e. The second-order valence-electron chi connectivity index (χ2n) is 11.5. The molecule has 0 saturated heterocycles. The fourth-order valence-corrected chi connectivity index (χ4v) is 7.31. The van der Waals surface area contributed by atoms with Crippen LogP contribution in [0, 0.1) is 0 Å². The molecule has 0 bridgehead atoms. The second kappa shape index (κ2) is 9.58. The Morgan fingerprint density at radius 3 is 1.67 bits per heavy atom. The van der Waals surface area contributed by atoms with Crippen molar-refractivity contribution < 1.29 is 4.74 Å². The SMILES string of the molecule is C1=CC2Oc3ccc(-c4c5ccccc5c(-c5ccc(-c6ccccc6)c6ccccc56)c5ccccc45)cc3C2C=C1. The summed E-state index contributed by atoms with van der Waals surface area (Å²) in [5.41, 5.74) is 8.82. The van der Waals surface area contributed by atoms with Gasteiger partial charge in [-0.05, 0) is 83.9 Å². The van der Waals surface area contributed by atoms with Crippen molar-refractivity contribution >= 4 is 32.3 Å². The summed E-state index contributed by atoms with van der Waals surface area (Å²) in [5, 5.41) is 7.60. The van der Waals surface area contributed by atoms with E-state index in [9.17, 15) is 0 Å². The highest BCUT2D eigenvalue weighted by Gasteiger charge is 2.32. The molecule has 1 aliphatic carbocycles. The van der Waals surface area contributed by atoms with Crippen molar-refractivity contribution in [1.82, 2.24) is 0 Å². The highest BCUT2D eigenvalue weighted by molar-refractivity contribution is 6.24. The summed E-state index contributed by atoms with van der Waals surface area (Å²) in [6.07, 6.45) is 8.74. The number of benzene rings is 7. The molecule has 2 aliphatic rings. The number of hydrogen-bond donors (Lipinski definition) is 0. The van der Waals surface area contributed by atoms with Crippen LogP contribution in [0.1, 0.15) is 11.5 Å². The minimum absolute atomic E-state index is 0.0817. The van der Waals surface area contributed by atoms with Gasteiger partial charge < -0.3 is 4.74 Å². The van der Waals surface area contributed by atoms with E-state index in [0.29, 0.717) is 0 Å². The minimum atomic E-state index is 0.0817. The summed E-state index contributed by atoms with van der Waals surface area (Å²) in [6.45, 7) is 0. The van der Waals surface area contributed by atoms with Crippen LogP contribution in [-0.2, 0) is 0 Å². The molecule has 0 N–H and O–H groups in total. The molecule has 0 spiro atoms. The normalized spacial score (nSPS) is 16.8. The highest BCUT2D eigenvalue weighted by atomic mass is 16.5. The Morgan fingerprint density at radius 2 is 0.977 bits per heavy atom. The third-order valence-electron chi connectivity index (χ3n) is 9.21. The van der Waals surface area contributed by atoms with E-state index in [1.54, 1.807) is 0 Å². The lowest BCUT2D eigenvalue weighted by molar-refractivity contribution is 0.269. The van der Waals surface area contributed by atoms with Crippen LogP contribution in [0.4, 0.5) is 0 Å². The predicted molar refractivity (Wildman–Crippen MR) is 181 cm³/mol. The number of rotatable bonds is 3. The van der Waals surface area contributed by atoms with E-state index in [-0.39, 0.29) is 12.0 Å². The van der Waals surface area contributed by atoms with Crippen LogP contribution in [-0.4, -0.2) is 6.10 Å². The van der Waals surface area contributed by atoms with Gasteiger partial charge in [0.15, 0.2) is 0 Å². The molecule has 43 heavy (non-hydrogen) atoms. The summed E-state index contributed by atoms with van der Waals surface area (Å²) in [7, 11) is 0. The van der Waals surface area contributed by atoms with Crippen molar-refractivity contribution in [2.24, 2.45) is 0 Å². The Kier molecular flexibility index (Phi) is 5.39. The number of allylic oxidation sites excluding steroid dienone is 2. The van der Waals surface area contributed by atoms with Gasteiger partial charge in [0.05, 0.1) is 0 Å². The Morgan fingerprint density at radius 1 is 0.419 bits per heavy atom. The molecule has 1 aliphatic heterocycles. The van der Waals surface area contributed by atoms with Gasteiger partial charge in [-0.25, -0.2) is 0 Å². The molecule has 1 heterocycles. The van der Waals surface area contributed by atoms with Gasteiger partial charge in [-0.15, -0.1) is 0 Å². The molecular formula is C42H28O. The molecule has 0 radical (unpaired) electrons. The van der Waals surface area contributed by atoms with Gasteiger partial charge in [-0.2, -0.15) is 0 Å². The van der Waals surface area contributed by atoms with Crippen molar-refractivity contribution in [3.05, 3.63) is 163 Å². The molecule has 0 saturated carbocycles. The van der Waals surface area contributed by atoms with E-state index in [2.05, 4.69) is 158 Å². The average Bonchev–Trinajstić information content (AvgIpc) is 3.45. The van der Waals surface area contributed by atoms with E-state index in [4.69, 9.17) is 4.74 Å². The molecule has 7 aromatic rings. The van der Waals surface area contributed by atoms with Crippen LogP contribution in [0.15, 0.2) is 158 Å². The standard InChI is InChI=1S/C42H28O/c1-2-12-27(13-3-1)29-23-24-37(31-15-5-4-14-30(29)31)42-35-19-8-6-17-33(35)41(34-18-7-9-20-36(34)42)28-22-25-40-38(26-28)32-16-10-11-21-39(32)43-40/h1-26,32,39H. The number of hydrogen-bond acceptors (Lipinski definition) is 1. The summed E-state index contributed by atoms with van der Waals surface area (Å²) < 4.78 is 6.30. The topological polar surface area (TPSA) is 9.23 Å². The van der Waals surface area contributed by atoms with E-state index in [1.807, 2.05) is 0 Å². The minimum Gasteiger partial charge on any atom is -0.485 e. The molecule has 0 fully saturated rings. The first-order valence-corrected chi connectivity index (χ1v) is 15.0. The van der Waals surface area contributed by atoms with Gasteiger partial charge in [-0.1, -0.05) is 140 Å². The highest BCUT2D eigenvalue weighted by Crippen LogP contribution is 2.48. The van der Waals surface area contributed by atoms with E-state index < -0.39 is 0 Å². The number of fused-ring (bicyclic) bond motifs is 6. The van der Waals surface area contributed by atoms with Crippen LogP contribution in [0.5, 0.6) is 5.75 Å². The predicted octanol–water partition coefficient (Wildman–Crippen LogP) is 11.1. The molecule has 1 heteroatoms. The average molecular weight is 549 g/mol. The summed E-state index contributed by atoms with van der Waals surface area (Å²) in [6, 6.07) is 48.8. The van der Waals surface area contributed by atoms with Crippen molar-refractivity contribution in [1.29, 1.82) is 0 Å². The van der Waals surface area contributed by atoms with Gasteiger partial charge in [-0.3, -0.25) is 0 Å². The summed E-state index contributed by atoms with van der Waals surface area (Å²) in [4.78, 5) is 0. The lowest BCUT2D eigenvalue weighted by atomic mass is 9.83. The Hall–Kier alpha value is -5.40. The maximum absolute atomic E-state index is 6.30. The van der Waals surface area contributed by atoms with Crippen LogP contribution < -0.4 is 4.74 Å². The molecule has 2 unspecified atom stereocenters. The third kappa shape index (κ3) is 3.72. The first kappa shape index (κ1) is 24.2. The monoisotopic (exact) mass is 548 g/mol. The van der Waals surface area contributed by atoms with E-state index >= 15 is 0 Å². The van der Waals surface area contributed by atoms with Crippen molar-refractivity contribution in [2.75, 3.05) is 0 Å². The largest absolute Gasteiger partial charge is 0.485 e. The van der Waals surface area contributed by atoms with Gasteiger partial charge in [0.2, 0.25) is 0 Å². The molecule has 7 aromatic carbocycles. The summed E-state index contributed by atoms with van der Waals surface area (Å²) >= 11 is 0. The number of ether oxygens (including phenoxy) is 1. The third-order valence-corrected chi connectivity index (χ3v) is 9.21. The quantitative estimate of drug-likeness (QED) is 0.200. The van der Waals surface area contributed by atoms with Crippen LogP contribution in [0.2, 0.25) is 0 Å². The molecule has 2 atom stereocenters. The van der Waals surface area contributed by atoms with Crippen molar-refractivity contribution in [2.45, 2.75) is 12.0 Å². The maximum atomic E-state index is 6.30. The fourth-order valence-electron chi connectivity index (χ4n) is 7.31. The molecule has 202 valence electrons. The molecule has 9 rings (SSSR count). The first-order chi connectivity index (χ1) is 21.3. The molecule has 1 nitrogen and oxygen atoms in total. The van der Waals surface area contributed by atoms with Gasteiger partial charge in [0.25, 0.3) is 0 Å². The zero-order valence-electron chi connectivity index (χ0n) is 23.6. The van der Waals surface area contributed by atoms with Gasteiger partial charge in [0.1, 0.15) is 11.9 Å².